The van der Waals surface area contributed by atoms with Crippen LogP contribution in [0.5, 0.6) is 0 Å². The molecule has 0 saturated carbocycles. The summed E-state index contributed by atoms with van der Waals surface area (Å²) in [6.07, 6.45) is -0.295. The van der Waals surface area contributed by atoms with Crippen LogP contribution in [0.4, 0.5) is 4.39 Å². The smallest absolute Gasteiger partial charge is 0.123 e. The van der Waals surface area contributed by atoms with E-state index >= 15 is 0 Å². The fourth-order valence-electron chi connectivity index (χ4n) is 1.76. The number of nitrogens with zero attached hydrogens (tertiary/aromatic N) is 2. The highest BCUT2D eigenvalue weighted by atomic mass is 19.1. The van der Waals surface area contributed by atoms with Gasteiger partial charge in [-0.25, -0.2) is 4.39 Å². The molecule has 0 radical (unpaired) electrons. The zero-order valence-corrected chi connectivity index (χ0v) is 11.1. The molecule has 1 aromatic carbocycles. The van der Waals surface area contributed by atoms with Crippen LogP contribution in [0, 0.1) is 17.1 Å². The summed E-state index contributed by atoms with van der Waals surface area (Å²) in [5, 5.41) is 18.7. The summed E-state index contributed by atoms with van der Waals surface area (Å²) in [4.78, 5) is 1.96. The summed E-state index contributed by atoms with van der Waals surface area (Å²) in [5.41, 5.74) is 0.667. The van der Waals surface area contributed by atoms with E-state index in [1.54, 1.807) is 19.2 Å². The molecule has 0 aliphatic carbocycles. The first-order valence-corrected chi connectivity index (χ1v) is 6.19. The Morgan fingerprint density at radius 3 is 2.63 bits per heavy atom. The minimum absolute atomic E-state index is 0.323. The molecule has 0 spiro atoms. The maximum absolute atomic E-state index is 12.8. The Kier molecular flexibility index (Phi) is 7.04. The normalized spacial score (nSPS) is 12.4. The van der Waals surface area contributed by atoms with Crippen LogP contribution in [0.15, 0.2) is 24.3 Å². The second kappa shape index (κ2) is 8.59. The second-order valence-electron chi connectivity index (χ2n) is 4.27. The number of nitriles is 1. The molecule has 0 fully saturated rings. The van der Waals surface area contributed by atoms with Gasteiger partial charge < -0.3 is 9.84 Å². The van der Waals surface area contributed by atoms with Crippen molar-refractivity contribution >= 4 is 0 Å². The number of ether oxygens (including phenoxy) is 1. The van der Waals surface area contributed by atoms with Gasteiger partial charge in [0.2, 0.25) is 0 Å². The highest BCUT2D eigenvalue weighted by Gasteiger charge is 2.13. The van der Waals surface area contributed by atoms with E-state index in [0.717, 1.165) is 0 Å². The topological polar surface area (TPSA) is 56.5 Å². The van der Waals surface area contributed by atoms with Gasteiger partial charge in [-0.2, -0.15) is 5.26 Å². The van der Waals surface area contributed by atoms with Crippen molar-refractivity contribution in [3.63, 3.8) is 0 Å². The lowest BCUT2D eigenvalue weighted by Gasteiger charge is -2.24. The molecule has 1 atom stereocenters. The Morgan fingerprint density at radius 1 is 1.37 bits per heavy atom. The van der Waals surface area contributed by atoms with Crippen molar-refractivity contribution in [2.75, 3.05) is 33.4 Å². The Hall–Kier alpha value is -1.48. The Bertz CT molecular complexity index is 403. The molecule has 0 aliphatic heterocycles. The third-order valence-corrected chi connectivity index (χ3v) is 2.84. The van der Waals surface area contributed by atoms with Gasteiger partial charge in [0.15, 0.2) is 0 Å². The van der Waals surface area contributed by atoms with Crippen LogP contribution < -0.4 is 0 Å². The van der Waals surface area contributed by atoms with Gasteiger partial charge in [0.05, 0.1) is 18.8 Å². The highest BCUT2D eigenvalue weighted by Crippen LogP contribution is 2.15. The van der Waals surface area contributed by atoms with E-state index in [1.807, 2.05) is 4.90 Å². The Morgan fingerprint density at radius 2 is 2.05 bits per heavy atom. The zero-order chi connectivity index (χ0) is 14.1. The Labute approximate surface area is 113 Å². The molecule has 19 heavy (non-hydrogen) atoms. The maximum Gasteiger partial charge on any atom is 0.123 e. The molecular weight excluding hydrogens is 247 g/mol. The third-order valence-electron chi connectivity index (χ3n) is 2.84. The number of hydrogen-bond donors (Lipinski definition) is 1. The average molecular weight is 266 g/mol. The van der Waals surface area contributed by atoms with Crippen LogP contribution in [0.25, 0.3) is 0 Å². The van der Waals surface area contributed by atoms with Crippen LogP contribution >= 0.6 is 0 Å². The molecule has 0 amide bonds. The van der Waals surface area contributed by atoms with E-state index in [4.69, 9.17) is 10.00 Å². The molecule has 0 aromatic heterocycles. The molecule has 104 valence electrons. The summed E-state index contributed by atoms with van der Waals surface area (Å²) in [6.45, 7) is 2.17. The van der Waals surface area contributed by atoms with Crippen molar-refractivity contribution in [3.8, 4) is 6.07 Å². The summed E-state index contributed by atoms with van der Waals surface area (Å²) in [7, 11) is 1.61. The predicted molar refractivity (Wildman–Crippen MR) is 69.9 cm³/mol. The van der Waals surface area contributed by atoms with Crippen LogP contribution in [0.1, 0.15) is 18.1 Å². The standard InChI is InChI=1S/C14H19FN2O2/c1-19-10-9-17(8-2-7-16)11-14(18)12-3-5-13(15)6-4-12/h3-6,14,18H,2,8-11H2,1H3. The van der Waals surface area contributed by atoms with Gasteiger partial charge in [0.1, 0.15) is 5.82 Å². The van der Waals surface area contributed by atoms with Gasteiger partial charge in [-0.1, -0.05) is 12.1 Å². The van der Waals surface area contributed by atoms with Gasteiger partial charge in [-0.05, 0) is 17.7 Å². The number of aliphatic hydroxyl groups is 1. The third kappa shape index (κ3) is 5.79. The van der Waals surface area contributed by atoms with Crippen molar-refractivity contribution in [2.24, 2.45) is 0 Å². The van der Waals surface area contributed by atoms with E-state index in [2.05, 4.69) is 6.07 Å². The number of rotatable bonds is 8. The van der Waals surface area contributed by atoms with Gasteiger partial charge in [-0.15, -0.1) is 0 Å². The summed E-state index contributed by atoms with van der Waals surface area (Å²) in [6, 6.07) is 7.87. The largest absolute Gasteiger partial charge is 0.387 e. The monoisotopic (exact) mass is 266 g/mol. The van der Waals surface area contributed by atoms with E-state index in [1.165, 1.54) is 12.1 Å². The van der Waals surface area contributed by atoms with E-state index < -0.39 is 6.10 Å². The molecule has 0 saturated heterocycles. The van der Waals surface area contributed by atoms with Crippen LogP contribution in [-0.2, 0) is 4.74 Å². The molecule has 0 aliphatic rings. The molecule has 1 N–H and O–H groups in total. The molecule has 0 bridgehead atoms. The minimum atomic E-state index is -0.698. The van der Waals surface area contributed by atoms with Crippen molar-refractivity contribution in [3.05, 3.63) is 35.6 Å². The molecule has 0 heterocycles. The number of hydrogen-bond acceptors (Lipinski definition) is 4. The van der Waals surface area contributed by atoms with Gasteiger partial charge >= 0.3 is 0 Å². The number of methoxy groups -OCH3 is 1. The van der Waals surface area contributed by atoms with Crippen molar-refractivity contribution in [2.45, 2.75) is 12.5 Å². The fourth-order valence-corrected chi connectivity index (χ4v) is 1.76. The number of halogens is 1. The summed E-state index contributed by atoms with van der Waals surface area (Å²) < 4.78 is 17.8. The maximum atomic E-state index is 12.8. The van der Waals surface area contributed by atoms with Crippen molar-refractivity contribution in [1.82, 2.24) is 4.90 Å². The lowest BCUT2D eigenvalue weighted by molar-refractivity contribution is 0.0901. The summed E-state index contributed by atoms with van der Waals surface area (Å²) >= 11 is 0. The first-order valence-electron chi connectivity index (χ1n) is 6.19. The number of benzene rings is 1. The minimum Gasteiger partial charge on any atom is -0.387 e. The van der Waals surface area contributed by atoms with Crippen molar-refractivity contribution in [1.29, 1.82) is 5.26 Å². The lowest BCUT2D eigenvalue weighted by atomic mass is 10.1. The molecule has 5 heteroatoms. The predicted octanol–water partition coefficient (Wildman–Crippen LogP) is 1.72. The average Bonchev–Trinajstić information content (AvgIpc) is 2.42. The van der Waals surface area contributed by atoms with Crippen LogP contribution in [-0.4, -0.2) is 43.4 Å². The van der Waals surface area contributed by atoms with E-state index in [0.29, 0.717) is 38.2 Å². The van der Waals surface area contributed by atoms with Gasteiger partial charge in [-0.3, -0.25) is 4.90 Å². The van der Waals surface area contributed by atoms with E-state index in [9.17, 15) is 9.50 Å². The molecule has 1 rings (SSSR count). The van der Waals surface area contributed by atoms with Gasteiger partial charge in [0.25, 0.3) is 0 Å². The SMILES string of the molecule is COCCN(CCC#N)CC(O)c1ccc(F)cc1. The summed E-state index contributed by atoms with van der Waals surface area (Å²) in [5.74, 6) is -0.323. The molecular formula is C14H19FN2O2. The highest BCUT2D eigenvalue weighted by molar-refractivity contribution is 5.18. The first kappa shape index (κ1) is 15.6. The fraction of sp³-hybridized carbons (Fsp3) is 0.500. The molecule has 1 unspecified atom stereocenters. The van der Waals surface area contributed by atoms with Crippen molar-refractivity contribution < 1.29 is 14.2 Å². The molecule has 1 aromatic rings. The van der Waals surface area contributed by atoms with Crippen LogP contribution in [0.2, 0.25) is 0 Å². The molecule has 4 nitrogen and oxygen atoms in total. The van der Waals surface area contributed by atoms with Crippen LogP contribution in [0.3, 0.4) is 0 Å². The quantitative estimate of drug-likeness (QED) is 0.778. The lowest BCUT2D eigenvalue weighted by Crippen LogP contribution is -2.32. The first-order chi connectivity index (χ1) is 9.17. The Balaban J connectivity index is 2.56. The zero-order valence-electron chi connectivity index (χ0n) is 11.1. The second-order valence-corrected chi connectivity index (χ2v) is 4.27. The van der Waals surface area contributed by atoms with Gasteiger partial charge in [0, 0.05) is 33.2 Å². The van der Waals surface area contributed by atoms with E-state index in [-0.39, 0.29) is 5.82 Å². The number of aliphatic hydroxyl groups excluding tert-OH is 1.